The summed E-state index contributed by atoms with van der Waals surface area (Å²) < 4.78 is 10.5. The van der Waals surface area contributed by atoms with Gasteiger partial charge in [-0.3, -0.25) is 0 Å². The Bertz CT molecular complexity index is 654. The van der Waals surface area contributed by atoms with Crippen LogP contribution in [0, 0.1) is 0 Å². The molecule has 5 heteroatoms. The van der Waals surface area contributed by atoms with Crippen LogP contribution in [0.4, 0.5) is 5.82 Å². The number of benzene rings is 1. The van der Waals surface area contributed by atoms with Crippen LogP contribution in [0.1, 0.15) is 24.5 Å². The number of hydrogen-bond acceptors (Lipinski definition) is 5. The Morgan fingerprint density at radius 1 is 1.30 bits per heavy atom. The Kier molecular flexibility index (Phi) is 5.31. The lowest BCUT2D eigenvalue weighted by Gasteiger charge is -2.23. The standard InChI is InChI=1S/C18H25N3O2/c1-22-9-8-20-18-16-6-5-15(23-2)10-14(16)11-17(21-18)13-4-3-7-19-12-13/h5-6,10-11,13,19H,3-4,7-9,12H2,1-2H3,(H,20,21)/t13-/m1/s1. The van der Waals surface area contributed by atoms with Gasteiger partial charge in [-0.15, -0.1) is 0 Å². The van der Waals surface area contributed by atoms with Gasteiger partial charge in [-0.25, -0.2) is 4.98 Å². The predicted octanol–water partition coefficient (Wildman–Crippen LogP) is 2.77. The van der Waals surface area contributed by atoms with Crippen LogP contribution in [0.5, 0.6) is 5.75 Å². The second-order valence-electron chi connectivity index (χ2n) is 5.95. The van der Waals surface area contributed by atoms with Gasteiger partial charge in [0.05, 0.1) is 13.7 Å². The fourth-order valence-electron chi connectivity index (χ4n) is 3.10. The zero-order valence-corrected chi connectivity index (χ0v) is 13.9. The van der Waals surface area contributed by atoms with Crippen molar-refractivity contribution in [1.29, 1.82) is 0 Å². The van der Waals surface area contributed by atoms with Gasteiger partial charge in [-0.05, 0) is 49.0 Å². The molecule has 3 rings (SSSR count). The number of hydrogen-bond donors (Lipinski definition) is 2. The van der Waals surface area contributed by atoms with Crippen LogP contribution in [-0.4, -0.2) is 45.4 Å². The molecular formula is C18H25N3O2. The molecule has 1 aromatic carbocycles. The molecule has 0 amide bonds. The summed E-state index contributed by atoms with van der Waals surface area (Å²) in [4.78, 5) is 4.90. The van der Waals surface area contributed by atoms with E-state index >= 15 is 0 Å². The topological polar surface area (TPSA) is 55.4 Å². The smallest absolute Gasteiger partial charge is 0.134 e. The number of methoxy groups -OCH3 is 2. The molecule has 1 saturated heterocycles. The molecule has 0 bridgehead atoms. The van der Waals surface area contributed by atoms with E-state index in [0.717, 1.165) is 42.3 Å². The fourth-order valence-corrected chi connectivity index (χ4v) is 3.10. The molecule has 23 heavy (non-hydrogen) atoms. The van der Waals surface area contributed by atoms with Crippen molar-refractivity contribution in [2.75, 3.05) is 45.8 Å². The molecular weight excluding hydrogens is 290 g/mol. The maximum absolute atomic E-state index is 5.37. The van der Waals surface area contributed by atoms with Crippen LogP contribution < -0.4 is 15.4 Å². The summed E-state index contributed by atoms with van der Waals surface area (Å²) in [6, 6.07) is 8.34. The number of piperidine rings is 1. The first-order valence-electron chi connectivity index (χ1n) is 8.24. The number of anilines is 1. The lowest BCUT2D eigenvalue weighted by molar-refractivity contribution is 0.210. The molecule has 0 unspecified atom stereocenters. The van der Waals surface area contributed by atoms with Crippen molar-refractivity contribution in [1.82, 2.24) is 10.3 Å². The molecule has 1 aliphatic heterocycles. The highest BCUT2D eigenvalue weighted by Crippen LogP contribution is 2.31. The van der Waals surface area contributed by atoms with E-state index in [4.69, 9.17) is 14.5 Å². The van der Waals surface area contributed by atoms with Crippen LogP contribution in [0.2, 0.25) is 0 Å². The third-order valence-corrected chi connectivity index (χ3v) is 4.37. The van der Waals surface area contributed by atoms with Gasteiger partial charge in [-0.2, -0.15) is 0 Å². The second kappa shape index (κ2) is 7.62. The van der Waals surface area contributed by atoms with Crippen LogP contribution in [0.3, 0.4) is 0 Å². The molecule has 1 aromatic heterocycles. The molecule has 2 aromatic rings. The molecule has 0 radical (unpaired) electrons. The van der Waals surface area contributed by atoms with Gasteiger partial charge < -0.3 is 20.1 Å². The summed E-state index contributed by atoms with van der Waals surface area (Å²) in [5, 5.41) is 9.17. The lowest BCUT2D eigenvalue weighted by Crippen LogP contribution is -2.29. The van der Waals surface area contributed by atoms with Gasteiger partial charge >= 0.3 is 0 Å². The molecule has 5 nitrogen and oxygen atoms in total. The van der Waals surface area contributed by atoms with Crippen LogP contribution in [0.25, 0.3) is 10.8 Å². The van der Waals surface area contributed by atoms with Crippen molar-refractivity contribution in [2.45, 2.75) is 18.8 Å². The van der Waals surface area contributed by atoms with Crippen LogP contribution in [-0.2, 0) is 4.74 Å². The highest BCUT2D eigenvalue weighted by Gasteiger charge is 2.18. The Balaban J connectivity index is 1.98. The molecule has 0 aliphatic carbocycles. The predicted molar refractivity (Wildman–Crippen MR) is 93.5 cm³/mol. The number of aromatic nitrogens is 1. The first-order chi connectivity index (χ1) is 11.3. The largest absolute Gasteiger partial charge is 0.497 e. The first kappa shape index (κ1) is 16.0. The van der Waals surface area contributed by atoms with Crippen LogP contribution >= 0.6 is 0 Å². The second-order valence-corrected chi connectivity index (χ2v) is 5.95. The summed E-state index contributed by atoms with van der Waals surface area (Å²) in [7, 11) is 3.41. The molecule has 2 N–H and O–H groups in total. The average molecular weight is 315 g/mol. The monoisotopic (exact) mass is 315 g/mol. The summed E-state index contributed by atoms with van der Waals surface area (Å²) in [5.74, 6) is 2.28. The zero-order chi connectivity index (χ0) is 16.1. The summed E-state index contributed by atoms with van der Waals surface area (Å²) in [5.41, 5.74) is 1.15. The first-order valence-corrected chi connectivity index (χ1v) is 8.24. The summed E-state index contributed by atoms with van der Waals surface area (Å²) >= 11 is 0. The Morgan fingerprint density at radius 3 is 2.96 bits per heavy atom. The number of nitrogens with zero attached hydrogens (tertiary/aromatic N) is 1. The minimum atomic E-state index is 0.474. The highest BCUT2D eigenvalue weighted by molar-refractivity contribution is 5.93. The average Bonchev–Trinajstić information content (AvgIpc) is 2.62. The van der Waals surface area contributed by atoms with Crippen molar-refractivity contribution in [3.05, 3.63) is 30.0 Å². The van der Waals surface area contributed by atoms with E-state index in [0.29, 0.717) is 12.5 Å². The van der Waals surface area contributed by atoms with Gasteiger partial charge in [0.15, 0.2) is 0 Å². The van der Waals surface area contributed by atoms with E-state index in [2.05, 4.69) is 28.8 Å². The van der Waals surface area contributed by atoms with Crippen LogP contribution in [0.15, 0.2) is 24.3 Å². The van der Waals surface area contributed by atoms with Crippen molar-refractivity contribution in [2.24, 2.45) is 0 Å². The molecule has 124 valence electrons. The van der Waals surface area contributed by atoms with Crippen molar-refractivity contribution < 1.29 is 9.47 Å². The maximum Gasteiger partial charge on any atom is 0.134 e. The normalized spacial score (nSPS) is 18.1. The van der Waals surface area contributed by atoms with Crippen molar-refractivity contribution in [3.63, 3.8) is 0 Å². The van der Waals surface area contributed by atoms with E-state index in [1.54, 1.807) is 14.2 Å². The minimum absolute atomic E-state index is 0.474. The van der Waals surface area contributed by atoms with Gasteiger partial charge in [0.2, 0.25) is 0 Å². The Labute approximate surface area is 137 Å². The number of rotatable bonds is 6. The molecule has 2 heterocycles. The maximum atomic E-state index is 5.37. The van der Waals surface area contributed by atoms with E-state index in [1.165, 1.54) is 18.2 Å². The highest BCUT2D eigenvalue weighted by atomic mass is 16.5. The number of pyridine rings is 1. The minimum Gasteiger partial charge on any atom is -0.497 e. The summed E-state index contributed by atoms with van der Waals surface area (Å²) in [6.45, 7) is 3.52. The molecule has 0 saturated carbocycles. The molecule has 0 spiro atoms. The lowest BCUT2D eigenvalue weighted by atomic mass is 9.94. The van der Waals surface area contributed by atoms with Gasteiger partial charge in [0, 0.05) is 37.2 Å². The number of fused-ring (bicyclic) bond motifs is 1. The van der Waals surface area contributed by atoms with E-state index in [-0.39, 0.29) is 0 Å². The Morgan fingerprint density at radius 2 is 2.22 bits per heavy atom. The zero-order valence-electron chi connectivity index (χ0n) is 13.9. The Hall–Kier alpha value is -1.85. The third-order valence-electron chi connectivity index (χ3n) is 4.37. The van der Waals surface area contributed by atoms with Crippen molar-refractivity contribution in [3.8, 4) is 5.75 Å². The number of nitrogens with one attached hydrogen (secondary N) is 2. The van der Waals surface area contributed by atoms with E-state index in [9.17, 15) is 0 Å². The molecule has 1 aliphatic rings. The van der Waals surface area contributed by atoms with E-state index < -0.39 is 0 Å². The molecule has 1 fully saturated rings. The summed E-state index contributed by atoms with van der Waals surface area (Å²) in [6.07, 6.45) is 2.39. The van der Waals surface area contributed by atoms with E-state index in [1.807, 2.05) is 6.07 Å². The van der Waals surface area contributed by atoms with Crippen molar-refractivity contribution >= 4 is 16.6 Å². The third kappa shape index (κ3) is 3.74. The van der Waals surface area contributed by atoms with Gasteiger partial charge in [0.25, 0.3) is 0 Å². The fraction of sp³-hybridized carbons (Fsp3) is 0.500. The molecule has 1 atom stereocenters. The van der Waals surface area contributed by atoms with Gasteiger partial charge in [-0.1, -0.05) is 0 Å². The number of ether oxygens (including phenoxy) is 2. The SMILES string of the molecule is COCCNc1nc([C@@H]2CCCNC2)cc2cc(OC)ccc12. The van der Waals surface area contributed by atoms with Gasteiger partial charge in [0.1, 0.15) is 11.6 Å². The quantitative estimate of drug-likeness (QED) is 0.803.